The highest BCUT2D eigenvalue weighted by atomic mass is 35.5. The Kier molecular flexibility index (Phi) is 5.57. The minimum Gasteiger partial charge on any atom is -0.481 e. The predicted octanol–water partition coefficient (Wildman–Crippen LogP) is 4.51. The van der Waals surface area contributed by atoms with Crippen LogP contribution in [0.5, 0.6) is 5.75 Å². The first-order valence-electron chi connectivity index (χ1n) is 8.16. The molecule has 0 spiro atoms. The Morgan fingerprint density at radius 1 is 1.00 bits per heavy atom. The molecule has 0 aromatic heterocycles. The Labute approximate surface area is 176 Å². The summed E-state index contributed by atoms with van der Waals surface area (Å²) in [5, 5.41) is 3.52. The van der Waals surface area contributed by atoms with Gasteiger partial charge in [-0.15, -0.1) is 0 Å². The predicted molar refractivity (Wildman–Crippen MR) is 108 cm³/mol. The summed E-state index contributed by atoms with van der Waals surface area (Å²) in [6.07, 6.45) is 0. The van der Waals surface area contributed by atoms with Crippen LogP contribution in [-0.2, 0) is 4.79 Å². The van der Waals surface area contributed by atoms with Crippen molar-refractivity contribution in [1.29, 1.82) is 0 Å². The Bertz CT molecular complexity index is 1010. The highest BCUT2D eigenvalue weighted by molar-refractivity contribution is 6.42. The molecule has 28 heavy (non-hydrogen) atoms. The molecule has 2 aromatic carbocycles. The van der Waals surface area contributed by atoms with Crippen LogP contribution in [0, 0.1) is 13.8 Å². The molecule has 1 aliphatic heterocycles. The van der Waals surface area contributed by atoms with Crippen molar-refractivity contribution in [2.75, 3.05) is 19.0 Å². The molecule has 1 heterocycles. The molecule has 0 radical (unpaired) electrons. The molecule has 0 atom stereocenters. The molecule has 0 bridgehead atoms. The number of nitrogens with zero attached hydrogens (tertiary/aromatic N) is 1. The maximum Gasteiger partial charge on any atom is 0.262 e. The number of ether oxygens (including phenoxy) is 1. The minimum absolute atomic E-state index is 0.175. The van der Waals surface area contributed by atoms with E-state index < -0.39 is 11.8 Å². The van der Waals surface area contributed by atoms with Gasteiger partial charge in [0.05, 0.1) is 21.2 Å². The van der Waals surface area contributed by atoms with E-state index in [1.165, 1.54) is 25.2 Å². The van der Waals surface area contributed by atoms with Crippen LogP contribution in [0.1, 0.15) is 31.8 Å². The largest absolute Gasteiger partial charge is 0.481 e. The van der Waals surface area contributed by atoms with Crippen molar-refractivity contribution in [2.45, 2.75) is 13.8 Å². The van der Waals surface area contributed by atoms with Crippen LogP contribution < -0.4 is 10.1 Å². The van der Waals surface area contributed by atoms with E-state index in [2.05, 4.69) is 5.32 Å². The summed E-state index contributed by atoms with van der Waals surface area (Å²) < 4.78 is 5.50. The third-order valence-electron chi connectivity index (χ3n) is 4.44. The summed E-state index contributed by atoms with van der Waals surface area (Å²) in [5.74, 6) is -1.10. The fourth-order valence-electron chi connectivity index (χ4n) is 2.81. The van der Waals surface area contributed by atoms with Crippen molar-refractivity contribution in [2.24, 2.45) is 0 Å². The number of carbonyl (C=O) groups is 3. The van der Waals surface area contributed by atoms with Crippen LogP contribution in [-0.4, -0.2) is 36.3 Å². The summed E-state index contributed by atoms with van der Waals surface area (Å²) in [6, 6.07) is 4.49. The van der Waals surface area contributed by atoms with Gasteiger partial charge in [-0.05, 0) is 43.2 Å². The Morgan fingerprint density at radius 2 is 1.57 bits per heavy atom. The Morgan fingerprint density at radius 3 is 2.18 bits per heavy atom. The monoisotopic (exact) mass is 440 g/mol. The summed E-state index contributed by atoms with van der Waals surface area (Å²) >= 11 is 18.6. The molecule has 1 aliphatic rings. The third-order valence-corrected chi connectivity index (χ3v) is 5.91. The number of halogens is 3. The van der Waals surface area contributed by atoms with Crippen molar-refractivity contribution < 1.29 is 19.1 Å². The average Bonchev–Trinajstić information content (AvgIpc) is 2.88. The molecule has 146 valence electrons. The first kappa shape index (κ1) is 20.5. The number of fused-ring (bicyclic) bond motifs is 1. The lowest BCUT2D eigenvalue weighted by Crippen LogP contribution is -2.24. The fourth-order valence-corrected chi connectivity index (χ4v) is 3.63. The summed E-state index contributed by atoms with van der Waals surface area (Å²) in [6.45, 7) is 3.09. The standard InChI is InChI=1S/C19H15Cl3N2O4/c1-8-14(20)9(2)16(22)17(15(8)21)28-7-13(25)23-10-4-5-11-12(6-10)19(27)24(3)18(11)26/h4-6H,7H2,1-3H3,(H,23,25). The molecule has 0 saturated heterocycles. The van der Waals surface area contributed by atoms with E-state index in [4.69, 9.17) is 39.5 Å². The van der Waals surface area contributed by atoms with E-state index in [1.807, 2.05) is 0 Å². The number of carbonyl (C=O) groups excluding carboxylic acids is 3. The van der Waals surface area contributed by atoms with Gasteiger partial charge in [-0.3, -0.25) is 19.3 Å². The summed E-state index contributed by atoms with van der Waals surface area (Å²) in [4.78, 5) is 37.2. The number of hydrogen-bond donors (Lipinski definition) is 1. The van der Waals surface area contributed by atoms with Crippen LogP contribution in [0.15, 0.2) is 18.2 Å². The molecule has 3 amide bonds. The van der Waals surface area contributed by atoms with E-state index in [-0.39, 0.29) is 33.9 Å². The maximum absolute atomic E-state index is 12.2. The normalized spacial score (nSPS) is 13.0. The van der Waals surface area contributed by atoms with Gasteiger partial charge in [-0.2, -0.15) is 0 Å². The zero-order valence-corrected chi connectivity index (χ0v) is 17.4. The summed E-state index contributed by atoms with van der Waals surface area (Å²) in [5.41, 5.74) is 2.11. The average molecular weight is 442 g/mol. The lowest BCUT2D eigenvalue weighted by Gasteiger charge is -2.15. The van der Waals surface area contributed by atoms with Crippen LogP contribution in [0.2, 0.25) is 15.1 Å². The molecule has 0 aliphatic carbocycles. The second-order valence-electron chi connectivity index (χ2n) is 6.29. The van der Waals surface area contributed by atoms with E-state index in [1.54, 1.807) is 13.8 Å². The number of anilines is 1. The fraction of sp³-hybridized carbons (Fsp3) is 0.211. The highest BCUT2D eigenvalue weighted by Gasteiger charge is 2.32. The molecule has 9 heteroatoms. The molecular weight excluding hydrogens is 427 g/mol. The van der Waals surface area contributed by atoms with Crippen molar-refractivity contribution in [3.8, 4) is 5.75 Å². The van der Waals surface area contributed by atoms with Gasteiger partial charge in [0.25, 0.3) is 17.7 Å². The van der Waals surface area contributed by atoms with E-state index in [0.717, 1.165) is 4.90 Å². The third kappa shape index (κ3) is 3.43. The number of nitrogens with one attached hydrogen (secondary N) is 1. The molecule has 6 nitrogen and oxygen atoms in total. The molecule has 0 fully saturated rings. The molecule has 2 aromatic rings. The van der Waals surface area contributed by atoms with E-state index >= 15 is 0 Å². The lowest BCUT2D eigenvalue weighted by atomic mass is 10.1. The number of hydrogen-bond acceptors (Lipinski definition) is 4. The molecule has 0 unspecified atom stereocenters. The minimum atomic E-state index is -0.484. The van der Waals surface area contributed by atoms with Gasteiger partial charge in [0, 0.05) is 17.8 Å². The van der Waals surface area contributed by atoms with Gasteiger partial charge in [0.15, 0.2) is 12.4 Å². The number of rotatable bonds is 4. The molecule has 3 rings (SSSR count). The van der Waals surface area contributed by atoms with Gasteiger partial charge in [-0.25, -0.2) is 0 Å². The zero-order valence-electron chi connectivity index (χ0n) is 15.2. The van der Waals surface area contributed by atoms with Crippen molar-refractivity contribution >= 4 is 58.2 Å². The van der Waals surface area contributed by atoms with Crippen molar-refractivity contribution in [3.63, 3.8) is 0 Å². The van der Waals surface area contributed by atoms with Gasteiger partial charge in [-0.1, -0.05) is 34.8 Å². The first-order chi connectivity index (χ1) is 13.1. The van der Waals surface area contributed by atoms with E-state index in [0.29, 0.717) is 27.4 Å². The number of imide groups is 1. The second kappa shape index (κ2) is 7.62. The smallest absolute Gasteiger partial charge is 0.262 e. The Hall–Kier alpha value is -2.28. The number of amides is 3. The second-order valence-corrected chi connectivity index (χ2v) is 7.42. The number of benzene rings is 2. The quantitative estimate of drug-likeness (QED) is 0.709. The molecular formula is C19H15Cl3N2O4. The summed E-state index contributed by atoms with van der Waals surface area (Å²) in [7, 11) is 1.40. The highest BCUT2D eigenvalue weighted by Crippen LogP contribution is 2.42. The van der Waals surface area contributed by atoms with Crippen LogP contribution >= 0.6 is 34.8 Å². The van der Waals surface area contributed by atoms with Gasteiger partial charge in [0.2, 0.25) is 0 Å². The van der Waals surface area contributed by atoms with Gasteiger partial charge < -0.3 is 10.1 Å². The van der Waals surface area contributed by atoms with Crippen LogP contribution in [0.3, 0.4) is 0 Å². The lowest BCUT2D eigenvalue weighted by molar-refractivity contribution is -0.118. The zero-order chi connectivity index (χ0) is 20.7. The molecule has 1 N–H and O–H groups in total. The molecule has 0 saturated carbocycles. The van der Waals surface area contributed by atoms with Crippen molar-refractivity contribution in [1.82, 2.24) is 4.90 Å². The topological polar surface area (TPSA) is 75.7 Å². The van der Waals surface area contributed by atoms with Crippen LogP contribution in [0.25, 0.3) is 0 Å². The first-order valence-corrected chi connectivity index (χ1v) is 9.29. The van der Waals surface area contributed by atoms with Gasteiger partial charge >= 0.3 is 0 Å². The SMILES string of the molecule is Cc1c(Cl)c(C)c(Cl)c(OCC(=O)Nc2ccc3c(c2)C(=O)N(C)C3=O)c1Cl. The Balaban J connectivity index is 1.73. The van der Waals surface area contributed by atoms with E-state index in [9.17, 15) is 14.4 Å². The van der Waals surface area contributed by atoms with Crippen LogP contribution in [0.4, 0.5) is 5.69 Å². The van der Waals surface area contributed by atoms with Gasteiger partial charge in [0.1, 0.15) is 0 Å². The van der Waals surface area contributed by atoms with Crippen molar-refractivity contribution in [3.05, 3.63) is 55.5 Å². The maximum atomic E-state index is 12.2.